The number of nitro groups is 1. The number of hydrogen-bond acceptors (Lipinski definition) is 6. The fourth-order valence-corrected chi connectivity index (χ4v) is 4.01. The molecule has 0 saturated carbocycles. The van der Waals surface area contributed by atoms with Crippen molar-refractivity contribution in [2.75, 3.05) is 0 Å². The molecule has 1 heterocycles. The van der Waals surface area contributed by atoms with Crippen LogP contribution in [-0.4, -0.2) is 18.6 Å². The lowest BCUT2D eigenvalue weighted by Crippen LogP contribution is -2.42. The van der Waals surface area contributed by atoms with E-state index in [4.69, 9.17) is 0 Å². The van der Waals surface area contributed by atoms with Crippen LogP contribution in [0.4, 0.5) is 0 Å². The van der Waals surface area contributed by atoms with Crippen molar-refractivity contribution in [3.8, 4) is 0 Å². The molecule has 1 aromatic rings. The third kappa shape index (κ3) is 2.21. The molecule has 0 bridgehead atoms. The van der Waals surface area contributed by atoms with E-state index in [2.05, 4.69) is 11.0 Å². The predicted molar refractivity (Wildman–Crippen MR) is 71.0 cm³/mol. The van der Waals surface area contributed by atoms with Gasteiger partial charge in [-0.05, 0) is 31.9 Å². The lowest BCUT2D eigenvalue weighted by atomic mass is 10.1. The molecule has 0 fully saturated rings. The lowest BCUT2D eigenvalue weighted by Gasteiger charge is -2.14. The van der Waals surface area contributed by atoms with Crippen LogP contribution in [0.25, 0.3) is 0 Å². The summed E-state index contributed by atoms with van der Waals surface area (Å²) in [7, 11) is -3.99. The molecule has 0 unspecified atom stereocenters. The molecule has 0 amide bonds. The van der Waals surface area contributed by atoms with E-state index in [9.17, 15) is 18.5 Å². The molecule has 8 nitrogen and oxygen atoms in total. The maximum atomic E-state index is 12.6. The lowest BCUT2D eigenvalue weighted by molar-refractivity contribution is -0.655. The average Bonchev–Trinajstić information content (AvgIpc) is 2.75. The van der Waals surface area contributed by atoms with Gasteiger partial charge in [-0.1, -0.05) is 23.2 Å². The Balaban J connectivity index is 2.60. The fraction of sp³-hybridized carbons (Fsp3) is 0.273. The molecule has 20 heavy (non-hydrogen) atoms. The Morgan fingerprint density at radius 2 is 1.75 bits per heavy atom. The molecule has 1 aliphatic heterocycles. The van der Waals surface area contributed by atoms with Gasteiger partial charge in [0, 0.05) is 5.12 Å². The molecule has 9 heteroatoms. The molecule has 0 spiro atoms. The Hall–Kier alpha value is -2.13. The molecule has 2 N–H and O–H groups in total. The van der Waals surface area contributed by atoms with E-state index in [0.29, 0.717) is 16.2 Å². The van der Waals surface area contributed by atoms with Crippen LogP contribution in [0.5, 0.6) is 0 Å². The summed E-state index contributed by atoms with van der Waals surface area (Å²) >= 11 is 0. The van der Waals surface area contributed by atoms with Crippen molar-refractivity contribution in [1.82, 2.24) is 16.1 Å². The van der Waals surface area contributed by atoms with Gasteiger partial charge in [0.05, 0.1) is 11.1 Å². The topological polar surface area (TPSA) is 105 Å². The number of aryl methyl sites for hydroxylation is 3. The van der Waals surface area contributed by atoms with Gasteiger partial charge in [-0.3, -0.25) is 0 Å². The molecule has 0 atom stereocenters. The SMILES string of the molecule is Cc1cc(C)c(S(=O)(=O)C2=CNNN2[N+](=O)[O-])c(C)c1. The van der Waals surface area contributed by atoms with Gasteiger partial charge in [0.15, 0.2) is 5.03 Å². The Kier molecular flexibility index (Phi) is 3.40. The molecule has 108 valence electrons. The predicted octanol–water partition coefficient (Wildman–Crippen LogP) is 0.701. The molecule has 1 aromatic carbocycles. The largest absolute Gasteiger partial charge is 0.303 e. The zero-order valence-corrected chi connectivity index (χ0v) is 12.0. The highest BCUT2D eigenvalue weighted by atomic mass is 32.2. The third-order valence-corrected chi connectivity index (χ3v) is 4.91. The zero-order chi connectivity index (χ0) is 15.1. The monoisotopic (exact) mass is 298 g/mol. The summed E-state index contributed by atoms with van der Waals surface area (Å²) in [4.78, 5) is 10.9. The van der Waals surface area contributed by atoms with Crippen LogP contribution < -0.4 is 11.0 Å². The van der Waals surface area contributed by atoms with Crippen molar-refractivity contribution in [2.45, 2.75) is 25.7 Å². The van der Waals surface area contributed by atoms with Crippen molar-refractivity contribution in [2.24, 2.45) is 0 Å². The number of sulfone groups is 1. The maximum absolute atomic E-state index is 12.6. The highest BCUT2D eigenvalue weighted by Gasteiger charge is 2.38. The molecular formula is C11H14N4O4S. The molecule has 0 saturated heterocycles. The van der Waals surface area contributed by atoms with Crippen molar-refractivity contribution in [3.05, 3.63) is 50.2 Å². The number of benzene rings is 1. The molecule has 2 rings (SSSR count). The summed E-state index contributed by atoms with van der Waals surface area (Å²) in [6.45, 7) is 5.19. The van der Waals surface area contributed by atoms with Gasteiger partial charge in [0.25, 0.3) is 0 Å². The minimum absolute atomic E-state index is 0.0895. The van der Waals surface area contributed by atoms with Gasteiger partial charge >= 0.3 is 0 Å². The Labute approximate surface area is 116 Å². The van der Waals surface area contributed by atoms with Gasteiger partial charge in [0.2, 0.25) is 14.9 Å². The van der Waals surface area contributed by atoms with E-state index in [1.165, 1.54) is 0 Å². The summed E-state index contributed by atoms with van der Waals surface area (Å²) in [5.41, 5.74) is 6.51. The van der Waals surface area contributed by atoms with Gasteiger partial charge < -0.3 is 5.43 Å². The molecule has 0 radical (unpaired) electrons. The minimum atomic E-state index is -3.99. The first-order chi connectivity index (χ1) is 9.25. The highest BCUT2D eigenvalue weighted by molar-refractivity contribution is 7.95. The summed E-state index contributed by atoms with van der Waals surface area (Å²) < 4.78 is 25.2. The smallest absolute Gasteiger partial charge is 0.240 e. The Morgan fingerprint density at radius 1 is 1.20 bits per heavy atom. The van der Waals surface area contributed by atoms with Crippen molar-refractivity contribution >= 4 is 9.84 Å². The Bertz CT molecular complexity index is 688. The first-order valence-electron chi connectivity index (χ1n) is 5.74. The van der Waals surface area contributed by atoms with Gasteiger partial charge in [-0.15, -0.1) is 0 Å². The summed E-state index contributed by atoms with van der Waals surface area (Å²) in [5, 5.41) is 9.89. The van der Waals surface area contributed by atoms with E-state index in [1.54, 1.807) is 26.0 Å². The van der Waals surface area contributed by atoms with Crippen molar-refractivity contribution in [3.63, 3.8) is 0 Å². The zero-order valence-electron chi connectivity index (χ0n) is 11.2. The van der Waals surface area contributed by atoms with E-state index in [1.807, 2.05) is 6.92 Å². The summed E-state index contributed by atoms with van der Waals surface area (Å²) in [6.07, 6.45) is 1.05. The summed E-state index contributed by atoms with van der Waals surface area (Å²) in [5.74, 6) is 0. The number of hydrazine groups is 3. The van der Waals surface area contributed by atoms with E-state index in [-0.39, 0.29) is 4.90 Å². The molecular weight excluding hydrogens is 284 g/mol. The molecule has 0 aliphatic carbocycles. The second kappa shape index (κ2) is 4.76. The third-order valence-electron chi connectivity index (χ3n) is 2.89. The van der Waals surface area contributed by atoms with Crippen LogP contribution in [0.15, 0.2) is 28.3 Å². The quantitative estimate of drug-likeness (QED) is 0.625. The van der Waals surface area contributed by atoms with Gasteiger partial charge in [0.1, 0.15) is 0 Å². The first kappa shape index (κ1) is 14.3. The minimum Gasteiger partial charge on any atom is -0.303 e. The summed E-state index contributed by atoms with van der Waals surface area (Å²) in [6, 6.07) is 3.46. The average molecular weight is 298 g/mol. The number of nitrogens with zero attached hydrogens (tertiary/aromatic N) is 2. The second-order valence-electron chi connectivity index (χ2n) is 4.52. The number of rotatable bonds is 3. The van der Waals surface area contributed by atoms with Crippen molar-refractivity contribution in [1.29, 1.82) is 0 Å². The number of nitrogens with one attached hydrogen (secondary N) is 2. The second-order valence-corrected chi connectivity index (χ2v) is 6.35. The normalized spacial score (nSPS) is 14.9. The first-order valence-corrected chi connectivity index (χ1v) is 7.22. The van der Waals surface area contributed by atoms with Crippen molar-refractivity contribution < 1.29 is 13.5 Å². The standard InChI is InChI=1S/C11H14N4O4S/c1-7-4-8(2)11(9(3)5-7)20(18,19)10-6-12-13-14(10)15(16)17/h4-6,12-13H,1-3H3. The number of hydrogen-bond donors (Lipinski definition) is 2. The van der Waals surface area contributed by atoms with Gasteiger partial charge in [-0.2, -0.15) is 0 Å². The maximum Gasteiger partial charge on any atom is 0.240 e. The van der Waals surface area contributed by atoms with Crippen LogP contribution >= 0.6 is 0 Å². The van der Waals surface area contributed by atoms with Crippen LogP contribution in [0.2, 0.25) is 0 Å². The van der Waals surface area contributed by atoms with E-state index < -0.39 is 19.9 Å². The van der Waals surface area contributed by atoms with Crippen LogP contribution in [0, 0.1) is 30.9 Å². The van der Waals surface area contributed by atoms with Crippen LogP contribution in [0.1, 0.15) is 16.7 Å². The Morgan fingerprint density at radius 3 is 2.25 bits per heavy atom. The van der Waals surface area contributed by atoms with Crippen LogP contribution in [-0.2, 0) is 9.84 Å². The fourth-order valence-electron chi connectivity index (χ4n) is 2.28. The molecule has 0 aromatic heterocycles. The van der Waals surface area contributed by atoms with E-state index in [0.717, 1.165) is 11.8 Å². The van der Waals surface area contributed by atoms with Crippen LogP contribution in [0.3, 0.4) is 0 Å². The molecule has 1 aliphatic rings. The highest BCUT2D eigenvalue weighted by Crippen LogP contribution is 2.29. The van der Waals surface area contributed by atoms with E-state index >= 15 is 0 Å². The van der Waals surface area contributed by atoms with Gasteiger partial charge in [-0.25, -0.2) is 18.5 Å².